The van der Waals surface area contributed by atoms with Gasteiger partial charge in [0.15, 0.2) is 6.29 Å². The molecule has 0 N–H and O–H groups in total. The number of nitro groups is 1. The van der Waals surface area contributed by atoms with E-state index >= 15 is 0 Å². The van der Waals surface area contributed by atoms with Crippen LogP contribution in [-0.4, -0.2) is 17.8 Å². The smallest absolute Gasteiger partial charge is 0.269 e. The Morgan fingerprint density at radius 1 is 1.35 bits per heavy atom. The van der Waals surface area contributed by atoms with E-state index in [9.17, 15) is 10.1 Å². The molecule has 0 aliphatic carbocycles. The molecule has 5 nitrogen and oxygen atoms in total. The first-order valence-electron chi connectivity index (χ1n) is 5.72. The highest BCUT2D eigenvalue weighted by Gasteiger charge is 2.14. The second-order valence-electron chi connectivity index (χ2n) is 4.03. The van der Waals surface area contributed by atoms with Crippen LogP contribution in [-0.2, 0) is 16.1 Å². The molecule has 0 spiro atoms. The Hall–Kier alpha value is -1.46. The van der Waals surface area contributed by atoms with Crippen LogP contribution in [0.2, 0.25) is 0 Å². The molecule has 17 heavy (non-hydrogen) atoms. The van der Waals surface area contributed by atoms with Crippen molar-refractivity contribution in [1.29, 1.82) is 0 Å². The molecule has 1 aromatic rings. The SMILES string of the molecule is O=[N+]([O-])c1ccc(CO[C@@H]2CCCCO2)cc1. The molecule has 1 heterocycles. The van der Waals surface area contributed by atoms with Crippen LogP contribution in [0, 0.1) is 10.1 Å². The Morgan fingerprint density at radius 3 is 2.71 bits per heavy atom. The van der Waals surface area contributed by atoms with Crippen LogP contribution in [0.25, 0.3) is 0 Å². The number of nitro benzene ring substituents is 1. The van der Waals surface area contributed by atoms with Gasteiger partial charge in [-0.2, -0.15) is 0 Å². The van der Waals surface area contributed by atoms with E-state index in [0.29, 0.717) is 6.61 Å². The van der Waals surface area contributed by atoms with Crippen LogP contribution < -0.4 is 0 Å². The summed E-state index contributed by atoms with van der Waals surface area (Å²) in [6.45, 7) is 1.19. The van der Waals surface area contributed by atoms with Crippen LogP contribution in [0.3, 0.4) is 0 Å². The number of non-ortho nitro benzene ring substituents is 1. The maximum absolute atomic E-state index is 10.5. The van der Waals surface area contributed by atoms with Gasteiger partial charge in [-0.25, -0.2) is 0 Å². The van der Waals surface area contributed by atoms with Crippen LogP contribution in [0.4, 0.5) is 5.69 Å². The number of rotatable bonds is 4. The first-order chi connectivity index (χ1) is 8.25. The molecular formula is C12H15NO4. The van der Waals surface area contributed by atoms with Gasteiger partial charge in [0.25, 0.3) is 5.69 Å². The van der Waals surface area contributed by atoms with Crippen molar-refractivity contribution in [3.63, 3.8) is 0 Å². The second-order valence-corrected chi connectivity index (χ2v) is 4.03. The molecule has 2 rings (SSSR count). The number of nitrogens with zero attached hydrogens (tertiary/aromatic N) is 1. The summed E-state index contributed by atoms with van der Waals surface area (Å²) >= 11 is 0. The van der Waals surface area contributed by atoms with Crippen molar-refractivity contribution in [3.8, 4) is 0 Å². The van der Waals surface area contributed by atoms with Crippen molar-refractivity contribution < 1.29 is 14.4 Å². The molecule has 92 valence electrons. The Morgan fingerprint density at radius 2 is 2.12 bits per heavy atom. The minimum Gasteiger partial charge on any atom is -0.353 e. The summed E-state index contributed by atoms with van der Waals surface area (Å²) in [5, 5.41) is 10.5. The summed E-state index contributed by atoms with van der Waals surface area (Å²) in [6, 6.07) is 6.39. The van der Waals surface area contributed by atoms with E-state index in [0.717, 1.165) is 31.4 Å². The lowest BCUT2D eigenvalue weighted by Crippen LogP contribution is -2.21. The molecule has 0 bridgehead atoms. The zero-order valence-electron chi connectivity index (χ0n) is 9.50. The maximum Gasteiger partial charge on any atom is 0.269 e. The molecule has 1 aliphatic rings. The molecule has 5 heteroatoms. The second kappa shape index (κ2) is 5.75. The summed E-state index contributed by atoms with van der Waals surface area (Å²) in [6.07, 6.45) is 3.02. The van der Waals surface area contributed by atoms with E-state index in [4.69, 9.17) is 9.47 Å². The minimum atomic E-state index is -0.408. The van der Waals surface area contributed by atoms with Crippen molar-refractivity contribution in [2.75, 3.05) is 6.61 Å². The maximum atomic E-state index is 10.5. The van der Waals surface area contributed by atoms with Crippen molar-refractivity contribution in [2.24, 2.45) is 0 Å². The lowest BCUT2D eigenvalue weighted by atomic mass is 10.2. The van der Waals surface area contributed by atoms with Gasteiger partial charge in [0.2, 0.25) is 0 Å². The number of hydrogen-bond donors (Lipinski definition) is 0. The minimum absolute atomic E-state index is 0.0997. The van der Waals surface area contributed by atoms with Gasteiger partial charge in [-0.05, 0) is 37.0 Å². The predicted octanol–water partition coefficient (Wildman–Crippen LogP) is 2.64. The van der Waals surface area contributed by atoms with Gasteiger partial charge in [0, 0.05) is 18.7 Å². The van der Waals surface area contributed by atoms with Crippen LogP contribution in [0.5, 0.6) is 0 Å². The van der Waals surface area contributed by atoms with Crippen molar-refractivity contribution in [3.05, 3.63) is 39.9 Å². The zero-order valence-corrected chi connectivity index (χ0v) is 9.50. The van der Waals surface area contributed by atoms with E-state index < -0.39 is 4.92 Å². The molecule has 0 saturated carbocycles. The summed E-state index contributed by atoms with van der Waals surface area (Å²) in [4.78, 5) is 10.1. The molecule has 1 aliphatic heterocycles. The first-order valence-corrected chi connectivity index (χ1v) is 5.72. The van der Waals surface area contributed by atoms with Crippen LogP contribution in [0.15, 0.2) is 24.3 Å². The standard InChI is InChI=1S/C12H15NO4/c14-13(15)11-6-4-10(5-7-11)9-17-12-3-1-2-8-16-12/h4-7,12H,1-3,8-9H2/t12-/m1/s1. The molecule has 1 aromatic carbocycles. The lowest BCUT2D eigenvalue weighted by molar-refractivity contribution is -0.384. The van der Waals surface area contributed by atoms with Gasteiger partial charge in [0.1, 0.15) is 0 Å². The van der Waals surface area contributed by atoms with Crippen LogP contribution >= 0.6 is 0 Å². The number of hydrogen-bond acceptors (Lipinski definition) is 4. The van der Waals surface area contributed by atoms with E-state index in [2.05, 4.69) is 0 Å². The van der Waals surface area contributed by atoms with Crippen molar-refractivity contribution in [1.82, 2.24) is 0 Å². The molecular weight excluding hydrogens is 222 g/mol. The lowest BCUT2D eigenvalue weighted by Gasteiger charge is -2.22. The third kappa shape index (κ3) is 3.51. The topological polar surface area (TPSA) is 61.6 Å². The monoisotopic (exact) mass is 237 g/mol. The Bertz CT molecular complexity index is 371. The molecule has 0 unspecified atom stereocenters. The number of benzene rings is 1. The Balaban J connectivity index is 1.84. The zero-order chi connectivity index (χ0) is 12.1. The third-order valence-electron chi connectivity index (χ3n) is 2.72. The predicted molar refractivity (Wildman–Crippen MR) is 61.5 cm³/mol. The van der Waals surface area contributed by atoms with Crippen molar-refractivity contribution >= 4 is 5.69 Å². The first kappa shape index (κ1) is 12.0. The summed E-state index contributed by atoms with van der Waals surface area (Å²) < 4.78 is 11.0. The molecule has 0 amide bonds. The van der Waals surface area contributed by atoms with Gasteiger partial charge in [-0.3, -0.25) is 10.1 Å². The molecule has 1 atom stereocenters. The number of ether oxygens (including phenoxy) is 2. The molecule has 1 fully saturated rings. The third-order valence-corrected chi connectivity index (χ3v) is 2.72. The fourth-order valence-electron chi connectivity index (χ4n) is 1.75. The van der Waals surface area contributed by atoms with Crippen molar-refractivity contribution in [2.45, 2.75) is 32.2 Å². The average molecular weight is 237 g/mol. The van der Waals surface area contributed by atoms with Gasteiger partial charge >= 0.3 is 0 Å². The Labute approximate surface area is 99.5 Å². The van der Waals surface area contributed by atoms with Gasteiger partial charge in [-0.15, -0.1) is 0 Å². The normalized spacial score (nSPS) is 20.1. The fraction of sp³-hybridized carbons (Fsp3) is 0.500. The van der Waals surface area contributed by atoms with E-state index in [1.807, 2.05) is 0 Å². The quantitative estimate of drug-likeness (QED) is 0.596. The van der Waals surface area contributed by atoms with Gasteiger partial charge in [-0.1, -0.05) is 0 Å². The van der Waals surface area contributed by atoms with Crippen LogP contribution in [0.1, 0.15) is 24.8 Å². The largest absolute Gasteiger partial charge is 0.353 e. The highest BCUT2D eigenvalue weighted by molar-refractivity contribution is 5.32. The van der Waals surface area contributed by atoms with Gasteiger partial charge < -0.3 is 9.47 Å². The summed E-state index contributed by atoms with van der Waals surface area (Å²) in [5.41, 5.74) is 1.02. The van der Waals surface area contributed by atoms with Gasteiger partial charge in [0.05, 0.1) is 11.5 Å². The highest BCUT2D eigenvalue weighted by Crippen LogP contribution is 2.17. The average Bonchev–Trinajstić information content (AvgIpc) is 2.38. The summed E-state index contributed by atoms with van der Waals surface area (Å²) in [5.74, 6) is 0. The molecule has 1 saturated heterocycles. The van der Waals surface area contributed by atoms with E-state index in [-0.39, 0.29) is 12.0 Å². The molecule has 0 aromatic heterocycles. The molecule has 0 radical (unpaired) electrons. The summed E-state index contributed by atoms with van der Waals surface area (Å²) in [7, 11) is 0. The van der Waals surface area contributed by atoms with E-state index in [1.54, 1.807) is 12.1 Å². The Kier molecular flexibility index (Phi) is 4.06. The fourth-order valence-corrected chi connectivity index (χ4v) is 1.75. The highest BCUT2D eigenvalue weighted by atomic mass is 16.7. The van der Waals surface area contributed by atoms with E-state index in [1.165, 1.54) is 12.1 Å².